The third-order valence-electron chi connectivity index (χ3n) is 5.33. The first kappa shape index (κ1) is 19.0. The van der Waals surface area contributed by atoms with Crippen LogP contribution in [0.5, 0.6) is 17.2 Å². The number of nitrogens with zero attached hydrogens (tertiary/aromatic N) is 4. The van der Waals surface area contributed by atoms with E-state index in [0.29, 0.717) is 35.9 Å². The molecule has 4 rings (SSSR count). The number of likely N-dealkylation sites (tertiary alicyclic amines) is 1. The van der Waals surface area contributed by atoms with Crippen LogP contribution in [0.4, 0.5) is 0 Å². The number of benzene rings is 1. The van der Waals surface area contributed by atoms with Gasteiger partial charge in [0.2, 0.25) is 5.75 Å². The van der Waals surface area contributed by atoms with Gasteiger partial charge in [-0.15, -0.1) is 10.2 Å². The zero-order valence-corrected chi connectivity index (χ0v) is 16.8. The van der Waals surface area contributed by atoms with Crippen molar-refractivity contribution in [2.45, 2.75) is 18.8 Å². The minimum absolute atomic E-state index is 0.0669. The zero-order chi connectivity index (χ0) is 20.4. The molecular weight excluding hydrogens is 372 g/mol. The van der Waals surface area contributed by atoms with Crippen LogP contribution in [0.2, 0.25) is 0 Å². The number of hydrogen-bond acceptors (Lipinski definition) is 6. The van der Waals surface area contributed by atoms with Crippen molar-refractivity contribution in [2.24, 2.45) is 0 Å². The summed E-state index contributed by atoms with van der Waals surface area (Å²) in [6.45, 7) is 1.29. The van der Waals surface area contributed by atoms with Crippen molar-refractivity contribution in [3.63, 3.8) is 0 Å². The van der Waals surface area contributed by atoms with Crippen molar-refractivity contribution in [3.05, 3.63) is 47.9 Å². The summed E-state index contributed by atoms with van der Waals surface area (Å²) in [6.07, 6.45) is 3.84. The van der Waals surface area contributed by atoms with Crippen molar-refractivity contribution in [1.82, 2.24) is 19.5 Å². The molecule has 0 bridgehead atoms. The number of amides is 1. The molecule has 2 aromatic heterocycles. The summed E-state index contributed by atoms with van der Waals surface area (Å²) >= 11 is 0. The van der Waals surface area contributed by atoms with Crippen LogP contribution in [-0.4, -0.2) is 59.8 Å². The fraction of sp³-hybridized carbons (Fsp3) is 0.381. The van der Waals surface area contributed by atoms with Gasteiger partial charge in [-0.2, -0.15) is 0 Å². The van der Waals surface area contributed by atoms with E-state index >= 15 is 0 Å². The third kappa shape index (κ3) is 3.46. The van der Waals surface area contributed by atoms with E-state index in [0.717, 1.165) is 24.3 Å². The summed E-state index contributed by atoms with van der Waals surface area (Å²) < 4.78 is 18.1. The van der Waals surface area contributed by atoms with E-state index in [1.54, 1.807) is 33.5 Å². The molecule has 3 heterocycles. The van der Waals surface area contributed by atoms with Crippen LogP contribution in [0.25, 0.3) is 5.65 Å². The molecule has 1 fully saturated rings. The Kier molecular flexibility index (Phi) is 5.24. The summed E-state index contributed by atoms with van der Waals surface area (Å²) in [6, 6.07) is 9.22. The molecule has 1 saturated heterocycles. The molecular formula is C21H24N4O4. The molecule has 152 valence electrons. The highest BCUT2D eigenvalue weighted by Crippen LogP contribution is 2.39. The summed E-state index contributed by atoms with van der Waals surface area (Å²) in [5, 5.41) is 8.63. The molecule has 0 radical (unpaired) electrons. The Morgan fingerprint density at radius 3 is 2.52 bits per heavy atom. The molecule has 0 saturated carbocycles. The Bertz CT molecular complexity index is 1010. The van der Waals surface area contributed by atoms with E-state index < -0.39 is 0 Å². The second-order valence-corrected chi connectivity index (χ2v) is 6.99. The fourth-order valence-electron chi connectivity index (χ4n) is 3.90. The number of pyridine rings is 1. The van der Waals surface area contributed by atoms with Crippen molar-refractivity contribution in [3.8, 4) is 17.2 Å². The van der Waals surface area contributed by atoms with Gasteiger partial charge in [0.05, 0.1) is 21.3 Å². The van der Waals surface area contributed by atoms with Crippen LogP contribution in [0.15, 0.2) is 36.5 Å². The van der Waals surface area contributed by atoms with Gasteiger partial charge >= 0.3 is 0 Å². The predicted octanol–water partition coefficient (Wildman–Crippen LogP) is 2.77. The summed E-state index contributed by atoms with van der Waals surface area (Å²) in [4.78, 5) is 15.1. The van der Waals surface area contributed by atoms with Gasteiger partial charge in [-0.3, -0.25) is 9.20 Å². The highest BCUT2D eigenvalue weighted by atomic mass is 16.5. The number of aromatic nitrogens is 3. The lowest BCUT2D eigenvalue weighted by Gasteiger charge is -2.32. The van der Waals surface area contributed by atoms with Crippen LogP contribution in [0.1, 0.15) is 34.9 Å². The number of carbonyl (C=O) groups is 1. The average molecular weight is 396 g/mol. The summed E-state index contributed by atoms with van der Waals surface area (Å²) in [5.41, 5.74) is 1.32. The molecule has 0 spiro atoms. The van der Waals surface area contributed by atoms with E-state index in [1.807, 2.05) is 33.7 Å². The average Bonchev–Trinajstić information content (AvgIpc) is 3.21. The van der Waals surface area contributed by atoms with Crippen LogP contribution in [-0.2, 0) is 0 Å². The van der Waals surface area contributed by atoms with Gasteiger partial charge in [-0.1, -0.05) is 6.07 Å². The first-order valence-corrected chi connectivity index (χ1v) is 9.55. The third-order valence-corrected chi connectivity index (χ3v) is 5.33. The monoisotopic (exact) mass is 396 g/mol. The summed E-state index contributed by atoms with van der Waals surface area (Å²) in [7, 11) is 4.62. The largest absolute Gasteiger partial charge is 0.493 e. The minimum Gasteiger partial charge on any atom is -0.493 e. The number of piperidine rings is 1. The number of carbonyl (C=O) groups excluding carboxylic acids is 1. The molecule has 1 aromatic carbocycles. The van der Waals surface area contributed by atoms with Gasteiger partial charge in [0, 0.05) is 30.8 Å². The van der Waals surface area contributed by atoms with Crippen LogP contribution < -0.4 is 14.2 Å². The van der Waals surface area contributed by atoms with Gasteiger partial charge < -0.3 is 19.1 Å². The van der Waals surface area contributed by atoms with Gasteiger partial charge in [-0.25, -0.2) is 0 Å². The van der Waals surface area contributed by atoms with Gasteiger partial charge in [-0.05, 0) is 37.1 Å². The quantitative estimate of drug-likeness (QED) is 0.660. The maximum Gasteiger partial charge on any atom is 0.254 e. The Morgan fingerprint density at radius 2 is 1.83 bits per heavy atom. The molecule has 1 unspecified atom stereocenters. The Hall–Kier alpha value is -3.29. The second kappa shape index (κ2) is 7.98. The smallest absolute Gasteiger partial charge is 0.254 e. The Balaban J connectivity index is 1.61. The maximum absolute atomic E-state index is 13.2. The number of fused-ring (bicyclic) bond motifs is 1. The number of hydrogen-bond donors (Lipinski definition) is 0. The molecule has 29 heavy (non-hydrogen) atoms. The Labute approximate surface area is 169 Å². The van der Waals surface area contributed by atoms with Crippen LogP contribution >= 0.6 is 0 Å². The minimum atomic E-state index is -0.0669. The molecule has 8 heteroatoms. The molecule has 1 amide bonds. The predicted molar refractivity (Wildman–Crippen MR) is 107 cm³/mol. The van der Waals surface area contributed by atoms with Gasteiger partial charge in [0.25, 0.3) is 5.91 Å². The Morgan fingerprint density at radius 1 is 1.07 bits per heavy atom. The number of ether oxygens (including phenoxy) is 3. The van der Waals surface area contributed by atoms with E-state index in [2.05, 4.69) is 10.2 Å². The second-order valence-electron chi connectivity index (χ2n) is 6.99. The van der Waals surface area contributed by atoms with E-state index in [-0.39, 0.29) is 11.8 Å². The highest BCUT2D eigenvalue weighted by molar-refractivity contribution is 5.95. The molecule has 1 aliphatic rings. The van der Waals surface area contributed by atoms with E-state index in [9.17, 15) is 4.79 Å². The molecule has 0 N–H and O–H groups in total. The van der Waals surface area contributed by atoms with Crippen molar-refractivity contribution >= 4 is 11.6 Å². The highest BCUT2D eigenvalue weighted by Gasteiger charge is 2.29. The van der Waals surface area contributed by atoms with Crippen LogP contribution in [0.3, 0.4) is 0 Å². The molecule has 1 atom stereocenters. The summed E-state index contributed by atoms with van der Waals surface area (Å²) in [5.74, 6) is 2.36. The zero-order valence-electron chi connectivity index (χ0n) is 16.8. The van der Waals surface area contributed by atoms with Crippen LogP contribution in [0, 0.1) is 0 Å². The number of rotatable bonds is 5. The standard InChI is InChI=1S/C21H24N4O4/c1-27-16-11-15(12-17(28-2)19(16)29-3)21(26)24-9-6-7-14(13-24)20-23-22-18-8-4-5-10-25(18)20/h4-5,8,10-12,14H,6-7,9,13H2,1-3H3. The molecule has 1 aliphatic heterocycles. The van der Waals surface area contributed by atoms with Crippen molar-refractivity contribution in [1.29, 1.82) is 0 Å². The molecule has 3 aromatic rings. The lowest BCUT2D eigenvalue weighted by Crippen LogP contribution is -2.39. The van der Waals surface area contributed by atoms with Gasteiger partial charge in [0.15, 0.2) is 17.1 Å². The SMILES string of the molecule is COc1cc(C(=O)N2CCCC(c3nnc4ccccn34)C2)cc(OC)c1OC. The lowest BCUT2D eigenvalue weighted by molar-refractivity contribution is 0.0703. The van der Waals surface area contributed by atoms with Crippen molar-refractivity contribution in [2.75, 3.05) is 34.4 Å². The number of methoxy groups -OCH3 is 3. The van der Waals surface area contributed by atoms with E-state index in [4.69, 9.17) is 14.2 Å². The first-order valence-electron chi connectivity index (χ1n) is 9.55. The van der Waals surface area contributed by atoms with Crippen molar-refractivity contribution < 1.29 is 19.0 Å². The first-order chi connectivity index (χ1) is 14.2. The molecule has 8 nitrogen and oxygen atoms in total. The lowest BCUT2D eigenvalue weighted by atomic mass is 9.96. The fourth-order valence-corrected chi connectivity index (χ4v) is 3.90. The maximum atomic E-state index is 13.2. The van der Waals surface area contributed by atoms with E-state index in [1.165, 1.54) is 0 Å². The normalized spacial score (nSPS) is 16.7. The van der Waals surface area contributed by atoms with Gasteiger partial charge in [0.1, 0.15) is 5.82 Å². The topological polar surface area (TPSA) is 78.2 Å². The molecule has 0 aliphatic carbocycles.